The molecule has 0 radical (unpaired) electrons. The molecule has 0 aromatic carbocycles. The van der Waals surface area contributed by atoms with Crippen molar-refractivity contribution in [2.75, 3.05) is 11.9 Å². The topological polar surface area (TPSA) is 94.1 Å². The summed E-state index contributed by atoms with van der Waals surface area (Å²) >= 11 is 3.22. The number of hydrogen-bond donors (Lipinski definition) is 2. The molecular formula is C9H13BrN4O2. The Labute approximate surface area is 102 Å². The second kappa shape index (κ2) is 5.76. The first-order chi connectivity index (χ1) is 7.52. The summed E-state index contributed by atoms with van der Waals surface area (Å²) in [6.07, 6.45) is 3.48. The van der Waals surface area contributed by atoms with E-state index < -0.39 is 4.92 Å². The highest BCUT2D eigenvalue weighted by atomic mass is 79.9. The molecule has 0 aliphatic rings. The maximum absolute atomic E-state index is 10.8. The summed E-state index contributed by atoms with van der Waals surface area (Å²) in [6.45, 7) is 2.47. The molecule has 0 aliphatic heterocycles. The van der Waals surface area contributed by atoms with E-state index in [1.165, 1.54) is 12.4 Å². The minimum atomic E-state index is -0.466. The van der Waals surface area contributed by atoms with Crippen LogP contribution in [-0.4, -0.2) is 22.5 Å². The monoisotopic (exact) mass is 288 g/mol. The van der Waals surface area contributed by atoms with E-state index in [9.17, 15) is 10.1 Å². The highest BCUT2D eigenvalue weighted by Crippen LogP contribution is 2.30. The zero-order valence-electron chi connectivity index (χ0n) is 8.81. The van der Waals surface area contributed by atoms with Gasteiger partial charge in [-0.05, 0) is 29.3 Å². The van der Waals surface area contributed by atoms with Crippen LogP contribution in [0.4, 0.5) is 11.4 Å². The molecule has 0 saturated carbocycles. The van der Waals surface area contributed by atoms with Gasteiger partial charge in [-0.25, -0.2) is 0 Å². The second-order valence-electron chi connectivity index (χ2n) is 3.47. The zero-order chi connectivity index (χ0) is 12.1. The first kappa shape index (κ1) is 12.9. The van der Waals surface area contributed by atoms with Gasteiger partial charge in [0.15, 0.2) is 0 Å². The van der Waals surface area contributed by atoms with Gasteiger partial charge in [0.25, 0.3) is 0 Å². The van der Waals surface area contributed by atoms with Crippen LogP contribution in [0.5, 0.6) is 0 Å². The van der Waals surface area contributed by atoms with Crippen LogP contribution >= 0.6 is 15.9 Å². The number of nitrogens with two attached hydrogens (primary N) is 1. The van der Waals surface area contributed by atoms with E-state index in [-0.39, 0.29) is 11.7 Å². The minimum Gasteiger partial charge on any atom is -0.378 e. The molecule has 0 fully saturated rings. The van der Waals surface area contributed by atoms with E-state index in [1.807, 2.05) is 6.92 Å². The van der Waals surface area contributed by atoms with Crippen LogP contribution in [-0.2, 0) is 0 Å². The molecular weight excluding hydrogens is 276 g/mol. The molecule has 0 saturated heterocycles. The molecule has 1 rings (SSSR count). The van der Waals surface area contributed by atoms with E-state index in [0.29, 0.717) is 16.7 Å². The molecule has 6 nitrogen and oxygen atoms in total. The highest BCUT2D eigenvalue weighted by Gasteiger charge is 2.16. The summed E-state index contributed by atoms with van der Waals surface area (Å²) in [4.78, 5) is 14.0. The van der Waals surface area contributed by atoms with E-state index in [4.69, 9.17) is 5.73 Å². The number of aromatic nitrogens is 1. The Hall–Kier alpha value is -1.21. The van der Waals surface area contributed by atoms with Crippen LogP contribution in [0.15, 0.2) is 16.9 Å². The number of halogens is 1. The minimum absolute atomic E-state index is 0.0425. The van der Waals surface area contributed by atoms with Crippen molar-refractivity contribution in [2.24, 2.45) is 5.73 Å². The number of anilines is 1. The third-order valence-electron chi connectivity index (χ3n) is 1.98. The van der Waals surface area contributed by atoms with Crippen molar-refractivity contribution >= 4 is 27.3 Å². The van der Waals surface area contributed by atoms with Crippen molar-refractivity contribution in [3.05, 3.63) is 27.0 Å². The number of hydrogen-bond acceptors (Lipinski definition) is 5. The predicted octanol–water partition coefficient (Wildman–Crippen LogP) is 1.90. The van der Waals surface area contributed by atoms with Gasteiger partial charge in [-0.15, -0.1) is 0 Å². The standard InChI is InChI=1S/C9H13BrN4O2/c1-6(11)2-3-13-9-7(10)4-12-5-8(9)14(15)16/h4-6H,2-3,11H2,1H3,(H,12,13). The van der Waals surface area contributed by atoms with Crippen molar-refractivity contribution in [3.63, 3.8) is 0 Å². The average Bonchev–Trinajstić information content (AvgIpc) is 2.19. The largest absolute Gasteiger partial charge is 0.378 e. The van der Waals surface area contributed by atoms with Crippen LogP contribution in [0.2, 0.25) is 0 Å². The van der Waals surface area contributed by atoms with Crippen LogP contribution in [0, 0.1) is 10.1 Å². The molecule has 7 heteroatoms. The van der Waals surface area contributed by atoms with Crippen LogP contribution in [0.3, 0.4) is 0 Å². The Kier molecular flexibility index (Phi) is 4.63. The van der Waals surface area contributed by atoms with Crippen LogP contribution in [0.25, 0.3) is 0 Å². The lowest BCUT2D eigenvalue weighted by Gasteiger charge is -2.09. The SMILES string of the molecule is CC(N)CCNc1c(Br)cncc1[N+](=O)[O-]. The fourth-order valence-corrected chi connectivity index (χ4v) is 1.62. The van der Waals surface area contributed by atoms with E-state index in [0.717, 1.165) is 6.42 Å². The molecule has 1 aromatic heterocycles. The molecule has 3 N–H and O–H groups in total. The van der Waals surface area contributed by atoms with Crippen molar-refractivity contribution < 1.29 is 4.92 Å². The van der Waals surface area contributed by atoms with Crippen LogP contribution < -0.4 is 11.1 Å². The maximum Gasteiger partial charge on any atom is 0.311 e. The van der Waals surface area contributed by atoms with E-state index >= 15 is 0 Å². The molecule has 0 bridgehead atoms. The van der Waals surface area contributed by atoms with Gasteiger partial charge >= 0.3 is 5.69 Å². The second-order valence-corrected chi connectivity index (χ2v) is 4.32. The van der Waals surface area contributed by atoms with Crippen LogP contribution in [0.1, 0.15) is 13.3 Å². The van der Waals surface area contributed by atoms with Gasteiger partial charge < -0.3 is 11.1 Å². The van der Waals surface area contributed by atoms with E-state index in [1.54, 1.807) is 0 Å². The predicted molar refractivity (Wildman–Crippen MR) is 65.3 cm³/mol. The quantitative estimate of drug-likeness (QED) is 0.637. The Balaban J connectivity index is 2.80. The summed E-state index contributed by atoms with van der Waals surface area (Å²) in [5.41, 5.74) is 6.00. The lowest BCUT2D eigenvalue weighted by molar-refractivity contribution is -0.384. The number of rotatable bonds is 5. The lowest BCUT2D eigenvalue weighted by atomic mass is 10.2. The van der Waals surface area contributed by atoms with Gasteiger partial charge in [0.1, 0.15) is 11.9 Å². The van der Waals surface area contributed by atoms with Gasteiger partial charge in [-0.3, -0.25) is 15.1 Å². The zero-order valence-corrected chi connectivity index (χ0v) is 10.4. The van der Waals surface area contributed by atoms with Crippen molar-refractivity contribution in [1.82, 2.24) is 4.98 Å². The third kappa shape index (κ3) is 3.42. The Morgan fingerprint density at radius 2 is 2.38 bits per heavy atom. The molecule has 0 spiro atoms. The molecule has 1 unspecified atom stereocenters. The van der Waals surface area contributed by atoms with Gasteiger partial charge in [0, 0.05) is 18.8 Å². The summed E-state index contributed by atoms with van der Waals surface area (Å²) in [5.74, 6) is 0. The smallest absolute Gasteiger partial charge is 0.311 e. The number of nitro groups is 1. The first-order valence-corrected chi connectivity index (χ1v) is 5.59. The molecule has 1 heterocycles. The molecule has 16 heavy (non-hydrogen) atoms. The summed E-state index contributed by atoms with van der Waals surface area (Å²) in [7, 11) is 0. The van der Waals surface area contributed by atoms with Gasteiger partial charge in [-0.2, -0.15) is 0 Å². The van der Waals surface area contributed by atoms with Gasteiger partial charge in [-0.1, -0.05) is 0 Å². The Morgan fingerprint density at radius 3 is 2.94 bits per heavy atom. The fourth-order valence-electron chi connectivity index (χ4n) is 1.16. The number of pyridine rings is 1. The first-order valence-electron chi connectivity index (χ1n) is 4.79. The number of nitrogens with one attached hydrogen (secondary N) is 1. The summed E-state index contributed by atoms with van der Waals surface area (Å²) in [5, 5.41) is 13.7. The van der Waals surface area contributed by atoms with Crippen molar-refractivity contribution in [1.29, 1.82) is 0 Å². The lowest BCUT2D eigenvalue weighted by Crippen LogP contribution is -2.19. The highest BCUT2D eigenvalue weighted by molar-refractivity contribution is 9.10. The Morgan fingerprint density at radius 1 is 1.69 bits per heavy atom. The maximum atomic E-state index is 10.8. The summed E-state index contributed by atoms with van der Waals surface area (Å²) < 4.78 is 0.575. The van der Waals surface area contributed by atoms with E-state index in [2.05, 4.69) is 26.2 Å². The van der Waals surface area contributed by atoms with Gasteiger partial charge in [0.05, 0.1) is 9.40 Å². The molecule has 0 amide bonds. The Bertz CT molecular complexity index is 384. The fraction of sp³-hybridized carbons (Fsp3) is 0.444. The molecule has 88 valence electrons. The normalized spacial score (nSPS) is 12.2. The van der Waals surface area contributed by atoms with Crippen molar-refractivity contribution in [3.8, 4) is 0 Å². The third-order valence-corrected chi connectivity index (χ3v) is 2.58. The number of nitrogens with zero attached hydrogens (tertiary/aromatic N) is 2. The van der Waals surface area contributed by atoms with Gasteiger partial charge in [0.2, 0.25) is 0 Å². The average molecular weight is 289 g/mol. The summed E-state index contributed by atoms with van der Waals surface area (Å²) in [6, 6.07) is 0.0622. The molecule has 1 atom stereocenters. The molecule has 1 aromatic rings. The molecule has 0 aliphatic carbocycles. The van der Waals surface area contributed by atoms with Crippen molar-refractivity contribution in [2.45, 2.75) is 19.4 Å².